The normalized spacial score (nSPS) is 10.9. The first-order chi connectivity index (χ1) is 8.54. The van der Waals surface area contributed by atoms with Gasteiger partial charge in [-0.1, -0.05) is 54.1 Å². The lowest BCUT2D eigenvalue weighted by molar-refractivity contribution is 0.634. The lowest BCUT2D eigenvalue weighted by atomic mass is 10.1. The van der Waals surface area contributed by atoms with Crippen molar-refractivity contribution in [3.8, 4) is 11.4 Å². The molecule has 0 amide bonds. The second-order valence-corrected chi connectivity index (χ2v) is 6.04. The molecule has 0 atom stereocenters. The Bertz CT molecular complexity index is 605. The highest BCUT2D eigenvalue weighted by molar-refractivity contribution is 9.10. The van der Waals surface area contributed by atoms with Crippen LogP contribution in [0, 0.1) is 10.6 Å². The molecule has 1 aromatic heterocycles. The molecule has 2 nitrogen and oxygen atoms in total. The van der Waals surface area contributed by atoms with Crippen LogP contribution in [0.25, 0.3) is 11.4 Å². The summed E-state index contributed by atoms with van der Waals surface area (Å²) in [5, 5.41) is 0. The molecule has 0 bridgehead atoms. The van der Waals surface area contributed by atoms with Gasteiger partial charge in [-0.25, -0.2) is 4.98 Å². The highest BCUT2D eigenvalue weighted by atomic mass is 79.9. The number of hydrogen-bond donors (Lipinski definition) is 1. The SMILES string of the molecule is CC(C)Cc1cc(=S)nc(-c2cccc(Br)c2)[nH]1. The molecule has 0 saturated carbocycles. The molecule has 18 heavy (non-hydrogen) atoms. The minimum atomic E-state index is 0.591. The third-order valence-corrected chi connectivity index (χ3v) is 3.23. The van der Waals surface area contributed by atoms with Crippen molar-refractivity contribution in [1.82, 2.24) is 9.97 Å². The Morgan fingerprint density at radius 2 is 2.11 bits per heavy atom. The summed E-state index contributed by atoms with van der Waals surface area (Å²) >= 11 is 8.70. The van der Waals surface area contributed by atoms with Crippen molar-refractivity contribution >= 4 is 28.1 Å². The molecule has 0 radical (unpaired) electrons. The second kappa shape index (κ2) is 5.76. The van der Waals surface area contributed by atoms with E-state index in [1.807, 2.05) is 30.3 Å². The zero-order chi connectivity index (χ0) is 13.1. The van der Waals surface area contributed by atoms with Crippen molar-refractivity contribution < 1.29 is 0 Å². The number of aromatic nitrogens is 2. The molecule has 94 valence electrons. The number of aromatic amines is 1. The summed E-state index contributed by atoms with van der Waals surface area (Å²) in [6.07, 6.45) is 0.979. The number of nitrogens with zero attached hydrogens (tertiary/aromatic N) is 1. The largest absolute Gasteiger partial charge is 0.343 e. The van der Waals surface area contributed by atoms with E-state index in [-0.39, 0.29) is 0 Å². The van der Waals surface area contributed by atoms with Gasteiger partial charge in [0.1, 0.15) is 10.5 Å². The second-order valence-electron chi connectivity index (χ2n) is 4.70. The molecule has 4 heteroatoms. The van der Waals surface area contributed by atoms with Gasteiger partial charge in [-0.05, 0) is 30.5 Å². The molecule has 0 unspecified atom stereocenters. The van der Waals surface area contributed by atoms with Crippen LogP contribution in [0.3, 0.4) is 0 Å². The quantitative estimate of drug-likeness (QED) is 0.825. The van der Waals surface area contributed by atoms with E-state index in [2.05, 4.69) is 39.7 Å². The first-order valence-electron chi connectivity index (χ1n) is 5.91. The Balaban J connectivity index is 2.45. The topological polar surface area (TPSA) is 28.7 Å². The fourth-order valence-electron chi connectivity index (χ4n) is 1.83. The van der Waals surface area contributed by atoms with Gasteiger partial charge in [-0.2, -0.15) is 0 Å². The van der Waals surface area contributed by atoms with E-state index in [0.717, 1.165) is 28.0 Å². The first-order valence-corrected chi connectivity index (χ1v) is 7.11. The number of halogens is 1. The van der Waals surface area contributed by atoms with Crippen molar-refractivity contribution in [2.75, 3.05) is 0 Å². The Morgan fingerprint density at radius 3 is 2.78 bits per heavy atom. The van der Waals surface area contributed by atoms with Gasteiger partial charge < -0.3 is 4.98 Å². The third-order valence-electron chi connectivity index (χ3n) is 2.52. The number of nitrogens with one attached hydrogen (secondary N) is 1. The van der Waals surface area contributed by atoms with Gasteiger partial charge in [0.05, 0.1) is 0 Å². The van der Waals surface area contributed by atoms with Crippen LogP contribution in [0.5, 0.6) is 0 Å². The number of benzene rings is 1. The molecule has 0 saturated heterocycles. The van der Waals surface area contributed by atoms with Gasteiger partial charge in [-0.3, -0.25) is 0 Å². The van der Waals surface area contributed by atoms with E-state index < -0.39 is 0 Å². The van der Waals surface area contributed by atoms with Crippen molar-refractivity contribution in [3.05, 3.63) is 45.1 Å². The summed E-state index contributed by atoms with van der Waals surface area (Å²) in [5.74, 6) is 1.42. The van der Waals surface area contributed by atoms with Gasteiger partial charge in [0.25, 0.3) is 0 Å². The molecule has 0 fully saturated rings. The molecule has 1 N–H and O–H groups in total. The molecule has 2 rings (SSSR count). The van der Waals surface area contributed by atoms with Gasteiger partial charge in [-0.15, -0.1) is 0 Å². The maximum absolute atomic E-state index is 5.23. The van der Waals surface area contributed by atoms with Crippen molar-refractivity contribution in [3.63, 3.8) is 0 Å². The minimum absolute atomic E-state index is 0.591. The van der Waals surface area contributed by atoms with Gasteiger partial charge >= 0.3 is 0 Å². The smallest absolute Gasteiger partial charge is 0.139 e. The highest BCUT2D eigenvalue weighted by Gasteiger charge is 2.04. The van der Waals surface area contributed by atoms with Gasteiger partial charge in [0, 0.05) is 15.7 Å². The Hall–Kier alpha value is -1.00. The fourth-order valence-corrected chi connectivity index (χ4v) is 2.46. The highest BCUT2D eigenvalue weighted by Crippen LogP contribution is 2.20. The molecule has 0 aliphatic carbocycles. The van der Waals surface area contributed by atoms with E-state index in [4.69, 9.17) is 12.2 Å². The molecule has 0 spiro atoms. The summed E-state index contributed by atoms with van der Waals surface area (Å²) in [7, 11) is 0. The van der Waals surface area contributed by atoms with Crippen molar-refractivity contribution in [2.45, 2.75) is 20.3 Å². The number of H-pyrrole nitrogens is 1. The van der Waals surface area contributed by atoms with Crippen molar-refractivity contribution in [2.24, 2.45) is 5.92 Å². The molecular formula is C14H15BrN2S. The molecule has 0 aliphatic rings. The van der Waals surface area contributed by atoms with Crippen LogP contribution in [0.1, 0.15) is 19.5 Å². The van der Waals surface area contributed by atoms with E-state index in [9.17, 15) is 0 Å². The summed E-state index contributed by atoms with van der Waals surface area (Å²) < 4.78 is 1.68. The molecule has 1 heterocycles. The summed E-state index contributed by atoms with van der Waals surface area (Å²) in [4.78, 5) is 7.75. The van der Waals surface area contributed by atoms with Gasteiger partial charge in [0.2, 0.25) is 0 Å². The predicted octanol–water partition coefficient (Wildman–Crippen LogP) is 4.77. The molecule has 1 aromatic carbocycles. The van der Waals surface area contributed by atoms with Crippen LogP contribution >= 0.6 is 28.1 Å². The van der Waals surface area contributed by atoms with Crippen molar-refractivity contribution in [1.29, 1.82) is 0 Å². The van der Waals surface area contributed by atoms with E-state index in [1.165, 1.54) is 0 Å². The Morgan fingerprint density at radius 1 is 1.33 bits per heavy atom. The zero-order valence-corrected chi connectivity index (χ0v) is 12.8. The molecular weight excluding hydrogens is 308 g/mol. The zero-order valence-electron chi connectivity index (χ0n) is 10.4. The maximum Gasteiger partial charge on any atom is 0.139 e. The summed E-state index contributed by atoms with van der Waals surface area (Å²) in [5.41, 5.74) is 2.18. The van der Waals surface area contributed by atoms with Crippen LogP contribution in [0.4, 0.5) is 0 Å². The fraction of sp³-hybridized carbons (Fsp3) is 0.286. The van der Waals surface area contributed by atoms with Crippen LogP contribution in [0.2, 0.25) is 0 Å². The number of rotatable bonds is 3. The monoisotopic (exact) mass is 322 g/mol. The van der Waals surface area contributed by atoms with Gasteiger partial charge in [0.15, 0.2) is 0 Å². The van der Waals surface area contributed by atoms with Crippen LogP contribution in [-0.2, 0) is 6.42 Å². The average molecular weight is 323 g/mol. The first kappa shape index (κ1) is 13.4. The third kappa shape index (κ3) is 3.50. The van der Waals surface area contributed by atoms with E-state index >= 15 is 0 Å². The van der Waals surface area contributed by atoms with Crippen LogP contribution in [-0.4, -0.2) is 9.97 Å². The van der Waals surface area contributed by atoms with E-state index in [0.29, 0.717) is 10.6 Å². The standard InChI is InChI=1S/C14H15BrN2S/c1-9(2)6-12-8-13(18)17-14(16-12)10-4-3-5-11(15)7-10/h3-5,7-9H,6H2,1-2H3,(H,16,17,18). The lowest BCUT2D eigenvalue weighted by Crippen LogP contribution is -2.00. The maximum atomic E-state index is 5.23. The summed E-state index contributed by atoms with van der Waals surface area (Å²) in [6, 6.07) is 9.99. The van der Waals surface area contributed by atoms with E-state index in [1.54, 1.807) is 0 Å². The molecule has 2 aromatic rings. The minimum Gasteiger partial charge on any atom is -0.343 e. The Kier molecular flexibility index (Phi) is 4.30. The average Bonchev–Trinajstić information content (AvgIpc) is 2.27. The Labute approximate surface area is 121 Å². The summed E-state index contributed by atoms with van der Waals surface area (Å²) in [6.45, 7) is 4.38. The predicted molar refractivity (Wildman–Crippen MR) is 81.1 cm³/mol. The van der Waals surface area contributed by atoms with Crippen LogP contribution < -0.4 is 0 Å². The molecule has 0 aliphatic heterocycles. The van der Waals surface area contributed by atoms with Crippen LogP contribution in [0.15, 0.2) is 34.8 Å². The lowest BCUT2D eigenvalue weighted by Gasteiger charge is -2.08. The number of hydrogen-bond acceptors (Lipinski definition) is 2.